The molecule has 0 bridgehead atoms. The van der Waals surface area contributed by atoms with Gasteiger partial charge in [0.15, 0.2) is 0 Å². The van der Waals surface area contributed by atoms with Crippen molar-refractivity contribution in [3.8, 4) is 0 Å². The van der Waals surface area contributed by atoms with Crippen LogP contribution >= 0.6 is 0 Å². The summed E-state index contributed by atoms with van der Waals surface area (Å²) in [6.45, 7) is 1.85. The van der Waals surface area contributed by atoms with Crippen molar-refractivity contribution in [2.45, 2.75) is 31.2 Å². The summed E-state index contributed by atoms with van der Waals surface area (Å²) < 4.78 is 0. The minimum absolute atomic E-state index is 0.247. The number of rotatable bonds is 3. The van der Waals surface area contributed by atoms with E-state index >= 15 is 0 Å². The highest BCUT2D eigenvalue weighted by Crippen LogP contribution is 2.36. The van der Waals surface area contributed by atoms with Crippen molar-refractivity contribution in [2.75, 3.05) is 13.1 Å². The largest absolute Gasteiger partial charge is 0.480 e. The van der Waals surface area contributed by atoms with Crippen molar-refractivity contribution in [1.29, 1.82) is 0 Å². The molecule has 1 heterocycles. The first kappa shape index (κ1) is 10.8. The molecule has 2 unspecified atom stereocenters. The van der Waals surface area contributed by atoms with Crippen LogP contribution in [0.3, 0.4) is 0 Å². The third-order valence-corrected chi connectivity index (χ3v) is 4.06. The Morgan fingerprint density at radius 1 is 1.41 bits per heavy atom. The lowest BCUT2D eigenvalue weighted by molar-refractivity contribution is -0.142. The van der Waals surface area contributed by atoms with E-state index in [9.17, 15) is 4.79 Å². The summed E-state index contributed by atoms with van der Waals surface area (Å²) in [6, 6.07) is 8.25. The lowest BCUT2D eigenvalue weighted by atomic mass is 9.77. The van der Waals surface area contributed by atoms with Gasteiger partial charge in [-0.05, 0) is 36.9 Å². The Hall–Kier alpha value is -1.35. The Morgan fingerprint density at radius 2 is 2.24 bits per heavy atom. The summed E-state index contributed by atoms with van der Waals surface area (Å²) in [6.07, 6.45) is 2.94. The second-order valence-corrected chi connectivity index (χ2v) is 5.09. The van der Waals surface area contributed by atoms with E-state index in [1.165, 1.54) is 11.1 Å². The first-order valence-corrected chi connectivity index (χ1v) is 6.30. The van der Waals surface area contributed by atoms with Gasteiger partial charge in [-0.1, -0.05) is 24.3 Å². The summed E-state index contributed by atoms with van der Waals surface area (Å²) in [7, 11) is 0. The number of hydrogen-bond donors (Lipinski definition) is 1. The molecular formula is C14H17NO2. The zero-order valence-electron chi connectivity index (χ0n) is 9.80. The van der Waals surface area contributed by atoms with Gasteiger partial charge in [0.1, 0.15) is 6.04 Å². The molecule has 3 rings (SSSR count). The lowest BCUT2D eigenvalue weighted by Crippen LogP contribution is -2.40. The minimum atomic E-state index is -0.657. The fourth-order valence-corrected chi connectivity index (χ4v) is 3.13. The molecule has 3 nitrogen and oxygen atoms in total. The van der Waals surface area contributed by atoms with Crippen LogP contribution in [-0.4, -0.2) is 35.1 Å². The normalized spacial score (nSPS) is 27.5. The molecular weight excluding hydrogens is 214 g/mol. The third kappa shape index (κ3) is 1.84. The van der Waals surface area contributed by atoms with Crippen LogP contribution in [0, 0.1) is 0 Å². The van der Waals surface area contributed by atoms with E-state index in [-0.39, 0.29) is 6.04 Å². The fraction of sp³-hybridized carbons (Fsp3) is 0.500. The lowest BCUT2D eigenvalue weighted by Gasteiger charge is -2.34. The first-order valence-electron chi connectivity index (χ1n) is 6.30. The highest BCUT2D eigenvalue weighted by Gasteiger charge is 2.35. The van der Waals surface area contributed by atoms with E-state index < -0.39 is 5.97 Å². The Bertz CT molecular complexity index is 444. The molecule has 1 N–H and O–H groups in total. The zero-order valence-corrected chi connectivity index (χ0v) is 9.80. The average molecular weight is 231 g/mol. The van der Waals surface area contributed by atoms with Gasteiger partial charge >= 0.3 is 5.97 Å². The molecule has 0 amide bonds. The highest BCUT2D eigenvalue weighted by atomic mass is 16.4. The Labute approximate surface area is 101 Å². The van der Waals surface area contributed by atoms with Gasteiger partial charge in [0.2, 0.25) is 0 Å². The van der Waals surface area contributed by atoms with Crippen molar-refractivity contribution >= 4 is 5.97 Å². The maximum Gasteiger partial charge on any atom is 0.320 e. The van der Waals surface area contributed by atoms with Crippen LogP contribution < -0.4 is 0 Å². The molecule has 1 saturated heterocycles. The Balaban J connectivity index is 1.68. The number of carboxylic acid groups (broad SMARTS) is 1. The van der Waals surface area contributed by atoms with E-state index in [0.717, 1.165) is 32.4 Å². The Kier molecular flexibility index (Phi) is 2.63. The number of carboxylic acids is 1. The van der Waals surface area contributed by atoms with Crippen molar-refractivity contribution in [3.63, 3.8) is 0 Å². The molecule has 2 aliphatic rings. The van der Waals surface area contributed by atoms with Crippen LogP contribution in [0.5, 0.6) is 0 Å². The smallest absolute Gasteiger partial charge is 0.320 e. The number of carbonyl (C=O) groups is 1. The molecule has 1 fully saturated rings. The van der Waals surface area contributed by atoms with Crippen LogP contribution in [0.2, 0.25) is 0 Å². The number of benzene rings is 1. The number of aliphatic carboxylic acids is 1. The van der Waals surface area contributed by atoms with Gasteiger partial charge in [0.05, 0.1) is 0 Å². The van der Waals surface area contributed by atoms with Crippen molar-refractivity contribution in [1.82, 2.24) is 4.90 Å². The van der Waals surface area contributed by atoms with Gasteiger partial charge in [0, 0.05) is 12.5 Å². The van der Waals surface area contributed by atoms with Crippen molar-refractivity contribution in [3.05, 3.63) is 35.4 Å². The second kappa shape index (κ2) is 4.15. The van der Waals surface area contributed by atoms with Crippen LogP contribution in [0.4, 0.5) is 0 Å². The quantitative estimate of drug-likeness (QED) is 0.863. The number of nitrogens with zero attached hydrogens (tertiary/aromatic N) is 1. The zero-order chi connectivity index (χ0) is 11.8. The summed E-state index contributed by atoms with van der Waals surface area (Å²) in [5.74, 6) is -0.110. The molecule has 1 aromatic carbocycles. The molecule has 90 valence electrons. The average Bonchev–Trinajstić information content (AvgIpc) is 2.74. The van der Waals surface area contributed by atoms with E-state index in [0.29, 0.717) is 5.92 Å². The Morgan fingerprint density at radius 3 is 3.00 bits per heavy atom. The molecule has 1 aromatic rings. The van der Waals surface area contributed by atoms with Crippen LogP contribution in [-0.2, 0) is 11.2 Å². The van der Waals surface area contributed by atoms with E-state index in [1.54, 1.807) is 0 Å². The first-order chi connectivity index (χ1) is 8.25. The predicted octanol–water partition coefficient (Wildman–Crippen LogP) is 1.88. The summed E-state index contributed by atoms with van der Waals surface area (Å²) in [5.41, 5.74) is 2.85. The maximum absolute atomic E-state index is 11.1. The van der Waals surface area contributed by atoms with E-state index in [2.05, 4.69) is 29.2 Å². The van der Waals surface area contributed by atoms with Gasteiger partial charge in [-0.2, -0.15) is 0 Å². The van der Waals surface area contributed by atoms with Crippen molar-refractivity contribution < 1.29 is 9.90 Å². The van der Waals surface area contributed by atoms with Crippen LogP contribution in [0.1, 0.15) is 29.9 Å². The van der Waals surface area contributed by atoms with Crippen LogP contribution in [0.25, 0.3) is 0 Å². The summed E-state index contributed by atoms with van der Waals surface area (Å²) >= 11 is 0. The van der Waals surface area contributed by atoms with Gasteiger partial charge < -0.3 is 5.11 Å². The van der Waals surface area contributed by atoms with E-state index in [4.69, 9.17) is 5.11 Å². The van der Waals surface area contributed by atoms with Gasteiger partial charge in [0.25, 0.3) is 0 Å². The van der Waals surface area contributed by atoms with Crippen LogP contribution in [0.15, 0.2) is 24.3 Å². The van der Waals surface area contributed by atoms with Crippen molar-refractivity contribution in [2.24, 2.45) is 0 Å². The second-order valence-electron chi connectivity index (χ2n) is 5.09. The topological polar surface area (TPSA) is 40.5 Å². The maximum atomic E-state index is 11.1. The highest BCUT2D eigenvalue weighted by molar-refractivity contribution is 5.73. The number of hydrogen-bond acceptors (Lipinski definition) is 2. The molecule has 0 saturated carbocycles. The molecule has 0 spiro atoms. The molecule has 2 atom stereocenters. The predicted molar refractivity (Wildman–Crippen MR) is 65.1 cm³/mol. The molecule has 0 radical (unpaired) electrons. The van der Waals surface area contributed by atoms with E-state index in [1.807, 2.05) is 0 Å². The molecule has 1 aliphatic carbocycles. The minimum Gasteiger partial charge on any atom is -0.480 e. The third-order valence-electron chi connectivity index (χ3n) is 4.06. The van der Waals surface area contributed by atoms with Gasteiger partial charge in [-0.15, -0.1) is 0 Å². The van der Waals surface area contributed by atoms with Gasteiger partial charge in [-0.25, -0.2) is 0 Å². The fourth-order valence-electron chi connectivity index (χ4n) is 3.13. The number of likely N-dealkylation sites (tertiary alicyclic amines) is 1. The summed E-state index contributed by atoms with van der Waals surface area (Å²) in [5, 5.41) is 9.14. The molecule has 1 aliphatic heterocycles. The monoisotopic (exact) mass is 231 g/mol. The molecule has 3 heteroatoms. The molecule has 0 aromatic heterocycles. The van der Waals surface area contributed by atoms with Gasteiger partial charge in [-0.3, -0.25) is 9.69 Å². The number of fused-ring (bicyclic) bond motifs is 1. The SMILES string of the molecule is O=C(O)C1CCCN1CC1Cc2ccccc21. The summed E-state index contributed by atoms with van der Waals surface area (Å²) in [4.78, 5) is 13.2. The molecule has 17 heavy (non-hydrogen) atoms. The standard InChI is InChI=1S/C14H17NO2/c16-14(17)13-6-3-7-15(13)9-11-8-10-4-1-2-5-12(10)11/h1-2,4-5,11,13H,3,6-9H2,(H,16,17).